The van der Waals surface area contributed by atoms with Gasteiger partial charge in [-0.15, -0.1) is 11.6 Å². The highest BCUT2D eigenvalue weighted by molar-refractivity contribution is 6.17. The van der Waals surface area contributed by atoms with E-state index in [9.17, 15) is 4.79 Å². The third kappa shape index (κ3) is 4.40. The minimum atomic E-state index is -0.477. The molecule has 88 valence electrons. The lowest BCUT2D eigenvalue weighted by molar-refractivity contribution is 0.162. The Balaban J connectivity index is 2.37. The number of nitrogens with one attached hydrogen (secondary N) is 1. The van der Waals surface area contributed by atoms with E-state index in [0.717, 1.165) is 5.75 Å². The number of ether oxygens (including phenoxy) is 2. The van der Waals surface area contributed by atoms with Gasteiger partial charge in [0.25, 0.3) is 0 Å². The highest BCUT2D eigenvalue weighted by atomic mass is 35.5. The third-order valence-corrected chi connectivity index (χ3v) is 2.11. The Morgan fingerprint density at radius 1 is 1.38 bits per heavy atom. The van der Waals surface area contributed by atoms with Crippen LogP contribution in [-0.2, 0) is 4.74 Å². The fourth-order valence-electron chi connectivity index (χ4n) is 1.05. The minimum Gasteiger partial charge on any atom is -0.497 e. The van der Waals surface area contributed by atoms with Crippen molar-refractivity contribution in [1.29, 1.82) is 0 Å². The van der Waals surface area contributed by atoms with Crippen molar-refractivity contribution in [3.63, 3.8) is 0 Å². The zero-order chi connectivity index (χ0) is 11.8. The second-order valence-corrected chi connectivity index (χ2v) is 3.41. The van der Waals surface area contributed by atoms with Crippen LogP contribution in [-0.4, -0.2) is 25.7 Å². The summed E-state index contributed by atoms with van der Waals surface area (Å²) in [6.07, 6.45) is 0.174. The van der Waals surface area contributed by atoms with Gasteiger partial charge in [0.2, 0.25) is 0 Å². The number of alkyl halides is 1. The van der Waals surface area contributed by atoms with E-state index in [2.05, 4.69) is 5.32 Å². The van der Waals surface area contributed by atoms with Gasteiger partial charge in [-0.05, 0) is 30.7 Å². The van der Waals surface area contributed by atoms with Crippen molar-refractivity contribution < 1.29 is 14.3 Å². The van der Waals surface area contributed by atoms with Gasteiger partial charge in [0, 0.05) is 11.6 Å². The van der Waals surface area contributed by atoms with Crippen LogP contribution in [0, 0.1) is 0 Å². The normalized spacial score (nSPS) is 9.62. The topological polar surface area (TPSA) is 47.6 Å². The zero-order valence-corrected chi connectivity index (χ0v) is 9.79. The van der Waals surface area contributed by atoms with E-state index in [-0.39, 0.29) is 0 Å². The minimum absolute atomic E-state index is 0.325. The molecule has 0 spiro atoms. The van der Waals surface area contributed by atoms with Gasteiger partial charge in [0.1, 0.15) is 5.75 Å². The van der Waals surface area contributed by atoms with Crippen molar-refractivity contribution in [2.45, 2.75) is 6.42 Å². The van der Waals surface area contributed by atoms with Gasteiger partial charge in [0.15, 0.2) is 0 Å². The molecule has 0 saturated carbocycles. The molecular weight excluding hydrogens is 230 g/mol. The molecule has 0 aromatic heterocycles. The predicted molar refractivity (Wildman–Crippen MR) is 63.3 cm³/mol. The smallest absolute Gasteiger partial charge is 0.411 e. The fourth-order valence-corrected chi connectivity index (χ4v) is 1.16. The van der Waals surface area contributed by atoms with Crippen molar-refractivity contribution >= 4 is 23.4 Å². The van der Waals surface area contributed by atoms with Gasteiger partial charge < -0.3 is 9.47 Å². The average Bonchev–Trinajstić information content (AvgIpc) is 2.30. The molecule has 0 bridgehead atoms. The monoisotopic (exact) mass is 243 g/mol. The number of hydrogen-bond donors (Lipinski definition) is 1. The summed E-state index contributed by atoms with van der Waals surface area (Å²) in [7, 11) is 1.59. The lowest BCUT2D eigenvalue weighted by Crippen LogP contribution is -2.14. The molecule has 1 aromatic carbocycles. The molecule has 1 aromatic rings. The van der Waals surface area contributed by atoms with Crippen molar-refractivity contribution in [2.24, 2.45) is 0 Å². The first-order valence-electron chi connectivity index (χ1n) is 4.90. The lowest BCUT2D eigenvalue weighted by Gasteiger charge is -2.06. The Bertz CT molecular complexity index is 327. The summed E-state index contributed by atoms with van der Waals surface area (Å²) in [5, 5.41) is 2.59. The average molecular weight is 244 g/mol. The standard InChI is InChI=1S/C11H14ClNO3/c1-15-10-5-3-9(4-6-10)13-11(14)16-8-2-7-12/h3-6H,2,7-8H2,1H3,(H,13,14). The molecule has 0 saturated heterocycles. The van der Waals surface area contributed by atoms with Gasteiger partial charge in [0.05, 0.1) is 13.7 Å². The number of benzene rings is 1. The van der Waals surface area contributed by atoms with E-state index in [1.165, 1.54) is 0 Å². The molecule has 0 aliphatic rings. The fraction of sp³-hybridized carbons (Fsp3) is 0.364. The van der Waals surface area contributed by atoms with Crippen LogP contribution < -0.4 is 10.1 Å². The van der Waals surface area contributed by atoms with Gasteiger partial charge in [-0.25, -0.2) is 4.79 Å². The summed E-state index contributed by atoms with van der Waals surface area (Å²) >= 11 is 5.45. The number of hydrogen-bond acceptors (Lipinski definition) is 3. The zero-order valence-electron chi connectivity index (χ0n) is 9.03. The maximum atomic E-state index is 11.2. The van der Waals surface area contributed by atoms with Crippen LogP contribution in [0.4, 0.5) is 10.5 Å². The maximum absolute atomic E-state index is 11.2. The number of amides is 1. The molecule has 0 aliphatic heterocycles. The molecule has 0 radical (unpaired) electrons. The Morgan fingerprint density at radius 3 is 2.62 bits per heavy atom. The Kier molecular flexibility index (Phi) is 5.50. The maximum Gasteiger partial charge on any atom is 0.411 e. The molecule has 16 heavy (non-hydrogen) atoms. The van der Waals surface area contributed by atoms with Crippen molar-refractivity contribution in [1.82, 2.24) is 0 Å². The van der Waals surface area contributed by atoms with Gasteiger partial charge in [-0.1, -0.05) is 0 Å². The van der Waals surface area contributed by atoms with Crippen molar-refractivity contribution in [3.8, 4) is 5.75 Å². The number of anilines is 1. The highest BCUT2D eigenvalue weighted by Gasteiger charge is 2.02. The number of rotatable bonds is 5. The molecular formula is C11H14ClNO3. The summed E-state index contributed by atoms with van der Waals surface area (Å²) in [5.41, 5.74) is 0.664. The molecule has 0 unspecified atom stereocenters. The number of carbonyl (C=O) groups excluding carboxylic acids is 1. The van der Waals surface area contributed by atoms with Crippen LogP contribution >= 0.6 is 11.6 Å². The van der Waals surface area contributed by atoms with Gasteiger partial charge in [-0.3, -0.25) is 5.32 Å². The molecule has 5 heteroatoms. The largest absolute Gasteiger partial charge is 0.497 e. The van der Waals surface area contributed by atoms with Crippen LogP contribution in [0.2, 0.25) is 0 Å². The first kappa shape index (κ1) is 12.6. The highest BCUT2D eigenvalue weighted by Crippen LogP contribution is 2.14. The van der Waals surface area contributed by atoms with E-state index in [1.54, 1.807) is 31.4 Å². The number of methoxy groups -OCH3 is 1. The molecule has 0 fully saturated rings. The molecule has 0 heterocycles. The molecule has 1 N–H and O–H groups in total. The van der Waals surface area contributed by atoms with Gasteiger partial charge in [-0.2, -0.15) is 0 Å². The van der Waals surface area contributed by atoms with E-state index in [1.807, 2.05) is 0 Å². The number of halogens is 1. The summed E-state index contributed by atoms with van der Waals surface area (Å²) < 4.78 is 9.87. The van der Waals surface area contributed by atoms with E-state index < -0.39 is 6.09 Å². The lowest BCUT2D eigenvalue weighted by atomic mass is 10.3. The van der Waals surface area contributed by atoms with Crippen LogP contribution in [0.5, 0.6) is 5.75 Å². The molecule has 1 rings (SSSR count). The number of carbonyl (C=O) groups is 1. The van der Waals surface area contributed by atoms with Crippen molar-refractivity contribution in [2.75, 3.05) is 24.9 Å². The van der Waals surface area contributed by atoms with E-state index in [0.29, 0.717) is 24.6 Å². The summed E-state index contributed by atoms with van der Waals surface area (Å²) in [4.78, 5) is 11.2. The Labute approximate surface area is 99.5 Å². The second kappa shape index (κ2) is 6.95. The van der Waals surface area contributed by atoms with Crippen LogP contribution in [0.1, 0.15) is 6.42 Å². The summed E-state index contributed by atoms with van der Waals surface area (Å²) in [6.45, 7) is 0.325. The van der Waals surface area contributed by atoms with Crippen molar-refractivity contribution in [3.05, 3.63) is 24.3 Å². The first-order valence-corrected chi connectivity index (χ1v) is 5.43. The Hall–Kier alpha value is -1.42. The second-order valence-electron chi connectivity index (χ2n) is 3.03. The van der Waals surface area contributed by atoms with E-state index >= 15 is 0 Å². The molecule has 1 amide bonds. The SMILES string of the molecule is COc1ccc(NC(=O)OCCCCl)cc1. The third-order valence-electron chi connectivity index (χ3n) is 1.85. The molecule has 4 nitrogen and oxygen atoms in total. The summed E-state index contributed by atoms with van der Waals surface area (Å²) in [6, 6.07) is 6.99. The first-order chi connectivity index (χ1) is 7.76. The van der Waals surface area contributed by atoms with Crippen LogP contribution in [0.3, 0.4) is 0 Å². The summed E-state index contributed by atoms with van der Waals surface area (Å²) in [5.74, 6) is 1.22. The van der Waals surface area contributed by atoms with Crippen LogP contribution in [0.15, 0.2) is 24.3 Å². The van der Waals surface area contributed by atoms with Gasteiger partial charge >= 0.3 is 6.09 Å². The molecule has 0 atom stereocenters. The Morgan fingerprint density at radius 2 is 2.06 bits per heavy atom. The molecule has 0 aliphatic carbocycles. The van der Waals surface area contributed by atoms with E-state index in [4.69, 9.17) is 21.1 Å². The quantitative estimate of drug-likeness (QED) is 0.639. The predicted octanol–water partition coefficient (Wildman–Crippen LogP) is 2.87. The van der Waals surface area contributed by atoms with Crippen LogP contribution in [0.25, 0.3) is 0 Å².